The molecule has 0 aromatic carbocycles. The summed E-state index contributed by atoms with van der Waals surface area (Å²) in [6.45, 7) is 8.88. The molecule has 1 N–H and O–H groups in total. The van der Waals surface area contributed by atoms with Crippen molar-refractivity contribution in [3.8, 4) is 0 Å². The largest absolute Gasteiger partial charge is 0.394 e. The number of rotatable bonds is 15. The van der Waals surface area contributed by atoms with E-state index >= 15 is 0 Å². The molecule has 4 saturated heterocycles. The molecule has 4 fully saturated rings. The molecule has 0 saturated carbocycles. The number of epoxide rings is 4. The zero-order valence-corrected chi connectivity index (χ0v) is 16.0. The van der Waals surface area contributed by atoms with Crippen molar-refractivity contribution in [1.29, 1.82) is 0 Å². The molecule has 4 heterocycles. The van der Waals surface area contributed by atoms with Crippen molar-refractivity contribution in [1.82, 2.24) is 0 Å². The minimum atomic E-state index is -0.238. The van der Waals surface area contributed by atoms with Crippen LogP contribution in [-0.2, 0) is 37.9 Å². The average molecular weight is 392 g/mol. The molecular weight excluding hydrogens is 360 g/mol. The Kier molecular flexibility index (Phi) is 9.17. The Morgan fingerprint density at radius 2 is 1.19 bits per heavy atom. The number of ether oxygens (including phenoxy) is 8. The maximum absolute atomic E-state index is 8.96. The van der Waals surface area contributed by atoms with Crippen molar-refractivity contribution in [3.05, 3.63) is 0 Å². The molecule has 4 aliphatic rings. The molecule has 9 nitrogen and oxygen atoms in total. The van der Waals surface area contributed by atoms with Gasteiger partial charge < -0.3 is 43.0 Å². The Bertz CT molecular complexity index is 394. The van der Waals surface area contributed by atoms with Crippen LogP contribution >= 0.6 is 0 Å². The highest BCUT2D eigenvalue weighted by Gasteiger charge is 2.26. The summed E-state index contributed by atoms with van der Waals surface area (Å²) in [5, 5.41) is 8.96. The van der Waals surface area contributed by atoms with Gasteiger partial charge in [0.25, 0.3) is 0 Å². The molecular formula is C18H32O9. The van der Waals surface area contributed by atoms with Crippen LogP contribution in [0, 0.1) is 0 Å². The van der Waals surface area contributed by atoms with Gasteiger partial charge in [0.2, 0.25) is 0 Å². The van der Waals surface area contributed by atoms with E-state index in [9.17, 15) is 0 Å². The van der Waals surface area contributed by atoms with E-state index in [4.69, 9.17) is 43.0 Å². The van der Waals surface area contributed by atoms with Crippen molar-refractivity contribution >= 4 is 0 Å². The minimum absolute atomic E-state index is 0.0156. The lowest BCUT2D eigenvalue weighted by molar-refractivity contribution is -0.0481. The van der Waals surface area contributed by atoms with Crippen molar-refractivity contribution < 1.29 is 43.0 Å². The second kappa shape index (κ2) is 11.6. The molecule has 0 aromatic rings. The lowest BCUT2D eigenvalue weighted by atomic mass is 10.4. The van der Waals surface area contributed by atoms with Gasteiger partial charge in [0.1, 0.15) is 30.5 Å². The van der Waals surface area contributed by atoms with E-state index in [1.54, 1.807) is 0 Å². The van der Waals surface area contributed by atoms with E-state index in [1.165, 1.54) is 0 Å². The highest BCUT2D eigenvalue weighted by Crippen LogP contribution is 2.12. The SMILES string of the molecule is CC(COCC1CO1)OCC1CO1.OCC(COCC1CO1)OCC1CO1. The van der Waals surface area contributed by atoms with E-state index < -0.39 is 0 Å². The zero-order chi connectivity index (χ0) is 18.9. The molecule has 9 heteroatoms. The van der Waals surface area contributed by atoms with Gasteiger partial charge in [-0.05, 0) is 6.92 Å². The Hall–Kier alpha value is -0.360. The minimum Gasteiger partial charge on any atom is -0.394 e. The van der Waals surface area contributed by atoms with E-state index in [2.05, 4.69) is 0 Å². The van der Waals surface area contributed by atoms with Gasteiger partial charge in [0.15, 0.2) is 0 Å². The molecule has 0 aromatic heterocycles. The Morgan fingerprint density at radius 1 is 0.741 bits per heavy atom. The molecule has 4 rings (SSSR count). The van der Waals surface area contributed by atoms with E-state index in [0.717, 1.165) is 26.4 Å². The van der Waals surface area contributed by atoms with Crippen molar-refractivity contribution in [2.75, 3.05) is 72.7 Å². The summed E-state index contributed by atoms with van der Waals surface area (Å²) in [5.74, 6) is 0. The molecule has 4 aliphatic heterocycles. The first-order chi connectivity index (χ1) is 13.2. The number of hydrogen-bond acceptors (Lipinski definition) is 9. The molecule has 0 spiro atoms. The fourth-order valence-corrected chi connectivity index (χ4v) is 2.07. The third kappa shape index (κ3) is 11.3. The Balaban J connectivity index is 0.000000156. The monoisotopic (exact) mass is 392 g/mol. The van der Waals surface area contributed by atoms with Crippen molar-refractivity contribution in [3.63, 3.8) is 0 Å². The summed E-state index contributed by atoms with van der Waals surface area (Å²) in [6, 6.07) is 0. The molecule has 158 valence electrons. The molecule has 6 unspecified atom stereocenters. The van der Waals surface area contributed by atoms with Crippen LogP contribution in [0.25, 0.3) is 0 Å². The Morgan fingerprint density at radius 3 is 1.67 bits per heavy atom. The highest BCUT2D eigenvalue weighted by atomic mass is 16.6. The van der Waals surface area contributed by atoms with Gasteiger partial charge in [-0.3, -0.25) is 0 Å². The van der Waals surface area contributed by atoms with Gasteiger partial charge in [-0.1, -0.05) is 0 Å². The van der Waals surface area contributed by atoms with Crippen LogP contribution < -0.4 is 0 Å². The van der Waals surface area contributed by atoms with Gasteiger partial charge in [0, 0.05) is 0 Å². The molecule has 6 atom stereocenters. The lowest BCUT2D eigenvalue weighted by Gasteiger charge is -2.14. The number of aliphatic hydroxyl groups is 1. The first-order valence-electron chi connectivity index (χ1n) is 9.69. The third-order valence-corrected chi connectivity index (χ3v) is 4.16. The fraction of sp³-hybridized carbons (Fsp3) is 1.00. The highest BCUT2D eigenvalue weighted by molar-refractivity contribution is 4.71. The van der Waals surface area contributed by atoms with Crippen LogP contribution in [0.4, 0.5) is 0 Å². The van der Waals surface area contributed by atoms with E-state index in [1.807, 2.05) is 6.92 Å². The molecule has 0 bridgehead atoms. The van der Waals surface area contributed by atoms with E-state index in [0.29, 0.717) is 51.8 Å². The third-order valence-electron chi connectivity index (χ3n) is 4.16. The average Bonchev–Trinajstić information content (AvgIpc) is 3.47. The van der Waals surface area contributed by atoms with Crippen LogP contribution in [0.2, 0.25) is 0 Å². The maximum Gasteiger partial charge on any atom is 0.104 e. The summed E-state index contributed by atoms with van der Waals surface area (Å²) < 4.78 is 41.6. The second-order valence-electron chi connectivity index (χ2n) is 7.18. The van der Waals surface area contributed by atoms with Gasteiger partial charge in [-0.2, -0.15) is 0 Å². The molecule has 27 heavy (non-hydrogen) atoms. The maximum atomic E-state index is 8.96. The predicted octanol–water partition coefficient (Wildman–Crippen LogP) is -0.616. The standard InChI is InChI=1S/C9H16O5.C9H16O4/c10-1-7(12-5-9-6-14-9)2-11-3-8-4-13-8;1-7(11-4-9-6-13-9)2-10-3-8-5-12-8/h7-10H,1-6H2;7-9H,2-6H2,1H3. The van der Waals surface area contributed by atoms with Gasteiger partial charge in [-0.15, -0.1) is 0 Å². The van der Waals surface area contributed by atoms with Crippen LogP contribution in [0.3, 0.4) is 0 Å². The molecule has 0 radical (unpaired) electrons. The quantitative estimate of drug-likeness (QED) is 0.365. The summed E-state index contributed by atoms with van der Waals surface area (Å²) in [4.78, 5) is 0. The van der Waals surface area contributed by atoms with Gasteiger partial charge in [-0.25, -0.2) is 0 Å². The number of hydrogen-bond donors (Lipinski definition) is 1. The van der Waals surface area contributed by atoms with Gasteiger partial charge in [0.05, 0.1) is 78.8 Å². The summed E-state index contributed by atoms with van der Waals surface area (Å²) in [6.07, 6.45) is 1.10. The topological polar surface area (TPSA) is 107 Å². The smallest absolute Gasteiger partial charge is 0.104 e. The summed E-state index contributed by atoms with van der Waals surface area (Å²) in [5.41, 5.74) is 0. The summed E-state index contributed by atoms with van der Waals surface area (Å²) in [7, 11) is 0. The predicted molar refractivity (Wildman–Crippen MR) is 92.8 cm³/mol. The summed E-state index contributed by atoms with van der Waals surface area (Å²) >= 11 is 0. The number of aliphatic hydroxyl groups excluding tert-OH is 1. The first-order valence-corrected chi connectivity index (χ1v) is 9.69. The lowest BCUT2D eigenvalue weighted by Crippen LogP contribution is -2.26. The molecule has 0 aliphatic carbocycles. The zero-order valence-electron chi connectivity index (χ0n) is 16.0. The normalized spacial score (nSPS) is 32.2. The Labute approximate surface area is 160 Å². The van der Waals surface area contributed by atoms with E-state index in [-0.39, 0.29) is 31.0 Å². The second-order valence-corrected chi connectivity index (χ2v) is 7.18. The van der Waals surface area contributed by atoms with Crippen LogP contribution in [-0.4, -0.2) is 114 Å². The van der Waals surface area contributed by atoms with Crippen molar-refractivity contribution in [2.24, 2.45) is 0 Å². The fourth-order valence-electron chi connectivity index (χ4n) is 2.07. The van der Waals surface area contributed by atoms with Crippen LogP contribution in [0.15, 0.2) is 0 Å². The molecule has 0 amide bonds. The van der Waals surface area contributed by atoms with Crippen molar-refractivity contribution in [2.45, 2.75) is 43.5 Å². The van der Waals surface area contributed by atoms with Gasteiger partial charge >= 0.3 is 0 Å². The van der Waals surface area contributed by atoms with Crippen LogP contribution in [0.5, 0.6) is 0 Å². The first kappa shape index (κ1) is 21.4. The van der Waals surface area contributed by atoms with Crippen LogP contribution in [0.1, 0.15) is 6.92 Å².